The van der Waals surface area contributed by atoms with E-state index in [9.17, 15) is 8.42 Å². The fourth-order valence-electron chi connectivity index (χ4n) is 3.63. The zero-order valence-corrected chi connectivity index (χ0v) is 16.6. The average Bonchev–Trinajstić information content (AvgIpc) is 3.05. The van der Waals surface area contributed by atoms with Crippen LogP contribution in [0.2, 0.25) is 0 Å². The van der Waals surface area contributed by atoms with Crippen LogP contribution in [-0.4, -0.2) is 15.0 Å². The minimum atomic E-state index is -3.69. The van der Waals surface area contributed by atoms with Crippen LogP contribution in [-0.2, 0) is 23.0 Å². The van der Waals surface area contributed by atoms with Crippen molar-refractivity contribution in [3.63, 3.8) is 0 Å². The largest absolute Gasteiger partial charge is 0.456 e. The fourth-order valence-corrected chi connectivity index (χ4v) is 4.70. The Morgan fingerprint density at radius 1 is 0.893 bits per heavy atom. The van der Waals surface area contributed by atoms with E-state index in [4.69, 9.17) is 4.42 Å². The van der Waals surface area contributed by atoms with Gasteiger partial charge in [0.2, 0.25) is 0 Å². The van der Waals surface area contributed by atoms with Crippen LogP contribution in [0.15, 0.2) is 70.0 Å². The lowest BCUT2D eigenvalue weighted by Crippen LogP contribution is -2.23. The number of halogens is 1. The van der Waals surface area contributed by atoms with Crippen molar-refractivity contribution in [2.75, 3.05) is 11.3 Å². The van der Waals surface area contributed by atoms with E-state index >= 15 is 0 Å². The molecule has 144 valence electrons. The van der Waals surface area contributed by atoms with Gasteiger partial charge < -0.3 is 9.73 Å². The van der Waals surface area contributed by atoms with Crippen molar-refractivity contribution in [3.05, 3.63) is 71.8 Å². The molecule has 0 radical (unpaired) electrons. The van der Waals surface area contributed by atoms with Gasteiger partial charge in [-0.25, -0.2) is 8.42 Å². The monoisotopic (exact) mass is 414 g/mol. The molecule has 1 aromatic heterocycles. The van der Waals surface area contributed by atoms with Gasteiger partial charge in [0.25, 0.3) is 10.0 Å². The smallest absolute Gasteiger partial charge is 0.261 e. The topological polar surface area (TPSA) is 71.3 Å². The third kappa shape index (κ3) is 3.24. The number of para-hydroxylation sites is 1. The lowest BCUT2D eigenvalue weighted by Gasteiger charge is -2.18. The SMILES string of the molecule is Cl.O=S(=O)(Nc1ccc2c(c1)CCNC2)c1ccc2oc3ccccc3c2c1. The highest BCUT2D eigenvalue weighted by Crippen LogP contribution is 2.31. The number of benzene rings is 3. The summed E-state index contributed by atoms with van der Waals surface area (Å²) in [7, 11) is -3.69. The van der Waals surface area contributed by atoms with Crippen molar-refractivity contribution >= 4 is 50.1 Å². The molecule has 0 amide bonds. The normalized spacial score (nSPS) is 13.9. The third-order valence-corrected chi connectivity index (χ3v) is 6.38. The molecule has 1 aliphatic heterocycles. The Balaban J connectivity index is 0.00000192. The summed E-state index contributed by atoms with van der Waals surface area (Å²) in [5.41, 5.74) is 4.42. The number of hydrogen-bond donors (Lipinski definition) is 2. The molecule has 5 rings (SSSR count). The second-order valence-corrected chi connectivity index (χ2v) is 8.45. The van der Waals surface area contributed by atoms with Crippen molar-refractivity contribution in [1.82, 2.24) is 5.32 Å². The Morgan fingerprint density at radius 3 is 2.61 bits per heavy atom. The summed E-state index contributed by atoms with van der Waals surface area (Å²) in [6.07, 6.45) is 0.901. The Hall–Kier alpha value is -2.54. The van der Waals surface area contributed by atoms with Crippen molar-refractivity contribution in [2.24, 2.45) is 0 Å². The second-order valence-electron chi connectivity index (χ2n) is 6.77. The van der Waals surface area contributed by atoms with Crippen LogP contribution in [0, 0.1) is 0 Å². The molecular weight excluding hydrogens is 396 g/mol. The summed E-state index contributed by atoms with van der Waals surface area (Å²) in [4.78, 5) is 0.223. The summed E-state index contributed by atoms with van der Waals surface area (Å²) in [6, 6.07) is 18.3. The fraction of sp³-hybridized carbons (Fsp3) is 0.143. The highest BCUT2D eigenvalue weighted by Gasteiger charge is 2.18. The van der Waals surface area contributed by atoms with Gasteiger partial charge in [0, 0.05) is 23.0 Å². The molecular formula is C21H19ClN2O3S. The van der Waals surface area contributed by atoms with E-state index in [0.717, 1.165) is 35.9 Å². The van der Waals surface area contributed by atoms with Gasteiger partial charge in [-0.2, -0.15) is 0 Å². The quantitative estimate of drug-likeness (QED) is 0.519. The molecule has 28 heavy (non-hydrogen) atoms. The van der Waals surface area contributed by atoms with Gasteiger partial charge in [0.1, 0.15) is 11.2 Å². The first-order valence-electron chi connectivity index (χ1n) is 8.87. The minimum absolute atomic E-state index is 0. The summed E-state index contributed by atoms with van der Waals surface area (Å²) in [6.45, 7) is 1.74. The maximum absolute atomic E-state index is 12.9. The van der Waals surface area contributed by atoms with E-state index in [1.165, 1.54) is 11.1 Å². The number of hydrogen-bond acceptors (Lipinski definition) is 4. The van der Waals surface area contributed by atoms with E-state index in [-0.39, 0.29) is 17.3 Å². The van der Waals surface area contributed by atoms with Gasteiger partial charge >= 0.3 is 0 Å². The first-order valence-corrected chi connectivity index (χ1v) is 10.4. The lowest BCUT2D eigenvalue weighted by molar-refractivity contribution is 0.601. The summed E-state index contributed by atoms with van der Waals surface area (Å²) < 4.78 is 34.3. The molecule has 0 fully saturated rings. The number of furan rings is 1. The minimum Gasteiger partial charge on any atom is -0.456 e. The van der Waals surface area contributed by atoms with Crippen molar-refractivity contribution in [1.29, 1.82) is 0 Å². The van der Waals surface area contributed by atoms with Crippen LogP contribution in [0.3, 0.4) is 0 Å². The number of anilines is 1. The van der Waals surface area contributed by atoms with Crippen molar-refractivity contribution in [3.8, 4) is 0 Å². The van der Waals surface area contributed by atoms with Gasteiger partial charge in [-0.1, -0.05) is 24.3 Å². The zero-order chi connectivity index (χ0) is 18.4. The van der Waals surface area contributed by atoms with Gasteiger partial charge in [-0.15, -0.1) is 12.4 Å². The van der Waals surface area contributed by atoms with Crippen LogP contribution >= 0.6 is 12.4 Å². The first kappa shape index (κ1) is 18.8. The number of fused-ring (bicyclic) bond motifs is 4. The highest BCUT2D eigenvalue weighted by atomic mass is 35.5. The number of sulfonamides is 1. The molecule has 0 saturated carbocycles. The van der Waals surface area contributed by atoms with Crippen LogP contribution in [0.25, 0.3) is 21.9 Å². The Bertz CT molecular complexity index is 1280. The summed E-state index contributed by atoms with van der Waals surface area (Å²) in [5.74, 6) is 0. The van der Waals surface area contributed by atoms with Gasteiger partial charge in [-0.3, -0.25) is 4.72 Å². The number of rotatable bonds is 3. The molecule has 2 N–H and O–H groups in total. The molecule has 0 spiro atoms. The highest BCUT2D eigenvalue weighted by molar-refractivity contribution is 7.92. The molecule has 4 aromatic rings. The van der Waals surface area contributed by atoms with E-state index in [0.29, 0.717) is 11.3 Å². The van der Waals surface area contributed by atoms with E-state index in [1.54, 1.807) is 18.2 Å². The predicted octanol–water partition coefficient (Wildman–Crippen LogP) is 4.45. The number of nitrogens with one attached hydrogen (secondary N) is 2. The zero-order valence-electron chi connectivity index (χ0n) is 14.9. The average molecular weight is 415 g/mol. The van der Waals surface area contributed by atoms with Crippen LogP contribution in [0.1, 0.15) is 11.1 Å². The molecule has 0 atom stereocenters. The van der Waals surface area contributed by atoms with Crippen molar-refractivity contribution < 1.29 is 12.8 Å². The molecule has 0 saturated heterocycles. The van der Waals surface area contributed by atoms with Gasteiger partial charge in [0.15, 0.2) is 0 Å². The second kappa shape index (κ2) is 7.13. The molecule has 0 bridgehead atoms. The van der Waals surface area contributed by atoms with Crippen molar-refractivity contribution in [2.45, 2.75) is 17.9 Å². The molecule has 3 aromatic carbocycles. The molecule has 1 aliphatic rings. The van der Waals surface area contributed by atoms with E-state index in [1.807, 2.05) is 42.5 Å². The van der Waals surface area contributed by atoms with Gasteiger partial charge in [0.05, 0.1) is 4.90 Å². The summed E-state index contributed by atoms with van der Waals surface area (Å²) >= 11 is 0. The van der Waals surface area contributed by atoms with Crippen LogP contribution < -0.4 is 10.0 Å². The first-order chi connectivity index (χ1) is 13.1. The van der Waals surface area contributed by atoms with E-state index in [2.05, 4.69) is 10.0 Å². The van der Waals surface area contributed by atoms with E-state index < -0.39 is 10.0 Å². The third-order valence-electron chi connectivity index (χ3n) is 5.00. The molecule has 0 aliphatic carbocycles. The Morgan fingerprint density at radius 2 is 1.71 bits per heavy atom. The predicted molar refractivity (Wildman–Crippen MR) is 114 cm³/mol. The van der Waals surface area contributed by atoms with Gasteiger partial charge in [-0.05, 0) is 60.5 Å². The maximum Gasteiger partial charge on any atom is 0.261 e. The molecule has 0 unspecified atom stereocenters. The van der Waals surface area contributed by atoms with Crippen LogP contribution in [0.4, 0.5) is 5.69 Å². The Labute approximate surface area is 169 Å². The maximum atomic E-state index is 12.9. The molecule has 7 heteroatoms. The summed E-state index contributed by atoms with van der Waals surface area (Å²) in [5, 5.41) is 5.02. The lowest BCUT2D eigenvalue weighted by atomic mass is 10.0. The van der Waals surface area contributed by atoms with Crippen LogP contribution in [0.5, 0.6) is 0 Å². The molecule has 5 nitrogen and oxygen atoms in total. The Kier molecular flexibility index (Phi) is 4.79. The molecule has 2 heterocycles. The standard InChI is InChI=1S/C21H18N2O3S.ClH/c24-27(25,23-16-6-5-15-13-22-10-9-14(15)11-16)17-7-8-21-19(12-17)18-3-1-2-4-20(18)26-21;/h1-8,11-12,22-23H,9-10,13H2;1H.